The number of anilines is 6. The van der Waals surface area contributed by atoms with E-state index in [0.29, 0.717) is 0 Å². The SMILES string of the molecule is CC1(C)c2cc(C=Cc3ccc(-c4ccc(C=Cc5ccc6c(c5)C(C)(C)c5cc(N(c7ccccc7)c7ccccc7)ccc5-6)cc4)cc3)ccc2-c2ccc(N(c3ccccc3)c3ccccc3)cc21. The lowest BCUT2D eigenvalue weighted by Gasteiger charge is -2.28. The van der Waals surface area contributed by atoms with Crippen molar-refractivity contribution in [3.05, 3.63) is 287 Å². The van der Waals surface area contributed by atoms with Crippen LogP contribution in [0.4, 0.5) is 34.1 Å². The van der Waals surface area contributed by atoms with Crippen molar-refractivity contribution < 1.29 is 0 Å². The van der Waals surface area contributed by atoms with Crippen molar-refractivity contribution in [1.29, 1.82) is 0 Å². The van der Waals surface area contributed by atoms with Gasteiger partial charge in [-0.2, -0.15) is 0 Å². The van der Waals surface area contributed by atoms with Crippen LogP contribution in [0.25, 0.3) is 57.7 Å². The number of hydrogen-bond acceptors (Lipinski definition) is 2. The van der Waals surface area contributed by atoms with Gasteiger partial charge >= 0.3 is 0 Å². The van der Waals surface area contributed by atoms with Gasteiger partial charge in [0.25, 0.3) is 0 Å². The van der Waals surface area contributed by atoms with Crippen LogP contribution in [0.2, 0.25) is 0 Å². The molecule has 2 aliphatic carbocycles. The van der Waals surface area contributed by atoms with Crippen LogP contribution >= 0.6 is 0 Å². The maximum Gasteiger partial charge on any atom is 0.0465 e. The lowest BCUT2D eigenvalue weighted by molar-refractivity contribution is 0.660. The summed E-state index contributed by atoms with van der Waals surface area (Å²) in [5, 5.41) is 0. The van der Waals surface area contributed by atoms with Crippen LogP contribution in [0.1, 0.15) is 72.2 Å². The first-order chi connectivity index (χ1) is 35.2. The van der Waals surface area contributed by atoms with Gasteiger partial charge in [-0.3, -0.25) is 0 Å². The van der Waals surface area contributed by atoms with E-state index in [4.69, 9.17) is 0 Å². The maximum absolute atomic E-state index is 2.40. The maximum atomic E-state index is 2.40. The molecule has 2 heteroatoms. The molecule has 0 heterocycles. The van der Waals surface area contributed by atoms with Crippen LogP contribution in [-0.4, -0.2) is 0 Å². The van der Waals surface area contributed by atoms with E-state index in [1.807, 2.05) is 0 Å². The van der Waals surface area contributed by atoms with Crippen molar-refractivity contribution in [3.8, 4) is 33.4 Å². The lowest BCUT2D eigenvalue weighted by Crippen LogP contribution is -2.16. The Morgan fingerprint density at radius 2 is 0.514 bits per heavy atom. The summed E-state index contributed by atoms with van der Waals surface area (Å²) < 4.78 is 0. The minimum atomic E-state index is -0.149. The molecule has 0 fully saturated rings. The highest BCUT2D eigenvalue weighted by molar-refractivity contribution is 5.89. The molecule has 0 unspecified atom stereocenters. The first-order valence-electron chi connectivity index (χ1n) is 25.2. The molecule has 0 radical (unpaired) electrons. The molecule has 10 aromatic rings. The summed E-state index contributed by atoms with van der Waals surface area (Å²) in [6.07, 6.45) is 8.95. The van der Waals surface area contributed by atoms with Crippen molar-refractivity contribution in [2.45, 2.75) is 38.5 Å². The van der Waals surface area contributed by atoms with E-state index in [2.05, 4.69) is 304 Å². The highest BCUT2D eigenvalue weighted by Gasteiger charge is 2.37. The third-order valence-corrected chi connectivity index (χ3v) is 15.0. The van der Waals surface area contributed by atoms with E-state index in [0.717, 1.165) is 34.1 Å². The number of fused-ring (bicyclic) bond motifs is 6. The second-order valence-corrected chi connectivity index (χ2v) is 20.2. The van der Waals surface area contributed by atoms with E-state index in [1.165, 1.54) is 77.9 Å². The van der Waals surface area contributed by atoms with E-state index < -0.39 is 0 Å². The third kappa shape index (κ3) is 8.15. The van der Waals surface area contributed by atoms with Gasteiger partial charge in [0.1, 0.15) is 0 Å². The second kappa shape index (κ2) is 18.2. The summed E-state index contributed by atoms with van der Waals surface area (Å²) in [7, 11) is 0. The minimum Gasteiger partial charge on any atom is -0.310 e. The van der Waals surface area contributed by atoms with Crippen molar-refractivity contribution in [2.75, 3.05) is 9.80 Å². The Morgan fingerprint density at radius 1 is 0.250 bits per heavy atom. The minimum absolute atomic E-state index is 0.149. The van der Waals surface area contributed by atoms with Crippen LogP contribution in [0, 0.1) is 0 Å². The molecule has 0 aliphatic heterocycles. The van der Waals surface area contributed by atoms with Crippen molar-refractivity contribution in [1.82, 2.24) is 0 Å². The van der Waals surface area contributed by atoms with Gasteiger partial charge in [-0.1, -0.05) is 222 Å². The molecule has 0 amide bonds. The molecule has 0 N–H and O–H groups in total. The molecule has 2 aliphatic rings. The quantitative estimate of drug-likeness (QED) is 0.119. The largest absolute Gasteiger partial charge is 0.310 e. The van der Waals surface area contributed by atoms with Crippen LogP contribution in [0.3, 0.4) is 0 Å². The smallest absolute Gasteiger partial charge is 0.0465 e. The zero-order chi connectivity index (χ0) is 48.8. The average molecular weight is 925 g/mol. The monoisotopic (exact) mass is 924 g/mol. The Hall–Kier alpha value is -8.72. The van der Waals surface area contributed by atoms with Gasteiger partial charge in [0.15, 0.2) is 0 Å². The van der Waals surface area contributed by atoms with Gasteiger partial charge in [-0.05, 0) is 151 Å². The van der Waals surface area contributed by atoms with Crippen molar-refractivity contribution in [2.24, 2.45) is 0 Å². The summed E-state index contributed by atoms with van der Waals surface area (Å²) in [5.74, 6) is 0. The van der Waals surface area contributed by atoms with Gasteiger partial charge in [0.05, 0.1) is 0 Å². The predicted molar refractivity (Wildman–Crippen MR) is 307 cm³/mol. The molecule has 10 aromatic carbocycles. The predicted octanol–water partition coefficient (Wildman–Crippen LogP) is 19.2. The van der Waals surface area contributed by atoms with Crippen molar-refractivity contribution >= 4 is 58.4 Å². The van der Waals surface area contributed by atoms with Gasteiger partial charge in [0, 0.05) is 45.0 Å². The zero-order valence-electron chi connectivity index (χ0n) is 41.3. The molecule has 0 atom stereocenters. The Morgan fingerprint density at radius 3 is 0.833 bits per heavy atom. The standard InChI is InChI=1S/C70H56N2/c1-69(2)65-45-51(33-41-61(65)63-43-39-59(47-67(63)69)71(55-17-9-5-10-18-55)56-19-11-6-12-20-56)27-25-49-29-35-53(36-30-49)54-37-31-50(32-38-54)26-28-52-34-42-62-64-44-40-60(48-68(64)70(3,4)66(62)46-52)72(57-21-13-7-14-22-57)58-23-15-8-16-24-58/h5-48H,1-4H3. The molecule has 0 bridgehead atoms. The number of benzene rings is 10. The number of hydrogen-bond donors (Lipinski definition) is 0. The molecule has 346 valence electrons. The molecule has 12 rings (SSSR count). The van der Waals surface area contributed by atoms with E-state index >= 15 is 0 Å². The fourth-order valence-corrected chi connectivity index (χ4v) is 11.1. The highest BCUT2D eigenvalue weighted by Crippen LogP contribution is 2.53. The van der Waals surface area contributed by atoms with E-state index in [-0.39, 0.29) is 10.8 Å². The summed E-state index contributed by atoms with van der Waals surface area (Å²) in [6, 6.07) is 88.2. The van der Waals surface area contributed by atoms with E-state index in [9.17, 15) is 0 Å². The van der Waals surface area contributed by atoms with Crippen molar-refractivity contribution in [3.63, 3.8) is 0 Å². The van der Waals surface area contributed by atoms with Gasteiger partial charge in [-0.25, -0.2) is 0 Å². The molecular weight excluding hydrogens is 869 g/mol. The van der Waals surface area contributed by atoms with Gasteiger partial charge in [-0.15, -0.1) is 0 Å². The summed E-state index contributed by atoms with van der Waals surface area (Å²) in [6.45, 7) is 9.45. The summed E-state index contributed by atoms with van der Waals surface area (Å²) in [4.78, 5) is 4.70. The number of rotatable bonds is 11. The van der Waals surface area contributed by atoms with Crippen LogP contribution in [0.5, 0.6) is 0 Å². The molecule has 2 nitrogen and oxygen atoms in total. The van der Waals surface area contributed by atoms with Gasteiger partial charge < -0.3 is 9.80 Å². The lowest BCUT2D eigenvalue weighted by atomic mass is 9.81. The van der Waals surface area contributed by atoms with Crippen LogP contribution in [-0.2, 0) is 10.8 Å². The fourth-order valence-electron chi connectivity index (χ4n) is 11.1. The fraction of sp³-hybridized carbons (Fsp3) is 0.0857. The second-order valence-electron chi connectivity index (χ2n) is 20.2. The van der Waals surface area contributed by atoms with Crippen LogP contribution < -0.4 is 9.80 Å². The Bertz CT molecular complexity index is 3320. The number of nitrogens with zero attached hydrogens (tertiary/aromatic N) is 2. The Labute approximate surface area is 425 Å². The molecule has 72 heavy (non-hydrogen) atoms. The molecular formula is C70H56N2. The molecule has 0 spiro atoms. The highest BCUT2D eigenvalue weighted by atomic mass is 15.1. The normalized spacial score (nSPS) is 13.7. The first-order valence-corrected chi connectivity index (χ1v) is 25.2. The van der Waals surface area contributed by atoms with Gasteiger partial charge in [0.2, 0.25) is 0 Å². The molecule has 0 saturated carbocycles. The Balaban J connectivity index is 0.721. The first kappa shape index (κ1) is 44.5. The average Bonchev–Trinajstić information content (AvgIpc) is 3.79. The molecule has 0 saturated heterocycles. The topological polar surface area (TPSA) is 6.48 Å². The molecule has 0 aromatic heterocycles. The van der Waals surface area contributed by atoms with Crippen LogP contribution in [0.15, 0.2) is 243 Å². The third-order valence-electron chi connectivity index (χ3n) is 15.0. The summed E-state index contributed by atoms with van der Waals surface area (Å²) in [5.41, 5.74) is 24.5. The zero-order valence-corrected chi connectivity index (χ0v) is 41.3. The Kier molecular flexibility index (Phi) is 11.3. The summed E-state index contributed by atoms with van der Waals surface area (Å²) >= 11 is 0. The number of para-hydroxylation sites is 4. The van der Waals surface area contributed by atoms with E-state index in [1.54, 1.807) is 0 Å².